The van der Waals surface area contributed by atoms with E-state index in [0.29, 0.717) is 23.7 Å². The molecule has 26 heavy (non-hydrogen) atoms. The average molecular weight is 388 g/mol. The number of aromatic nitrogens is 2. The number of amides is 1. The maximum atomic E-state index is 12.7. The van der Waals surface area contributed by atoms with Gasteiger partial charge in [-0.2, -0.15) is 4.31 Å². The molecule has 0 unspecified atom stereocenters. The summed E-state index contributed by atoms with van der Waals surface area (Å²) in [7, 11) is -3.27. The first-order chi connectivity index (χ1) is 12.4. The number of hydrogen-bond acceptors (Lipinski definition) is 6. The number of rotatable bonds is 3. The number of nitrogens with one attached hydrogen (secondary N) is 1. The highest BCUT2D eigenvalue weighted by molar-refractivity contribution is 7.88. The molecule has 0 bridgehead atoms. The number of nitrogens with zero attached hydrogens (tertiary/aromatic N) is 3. The summed E-state index contributed by atoms with van der Waals surface area (Å²) in [6.45, 7) is 0.598. The van der Waals surface area contributed by atoms with E-state index in [1.54, 1.807) is 6.20 Å². The second-order valence-electron chi connectivity index (χ2n) is 6.11. The molecule has 1 amide bonds. The van der Waals surface area contributed by atoms with Crippen molar-refractivity contribution in [3.8, 4) is 0 Å². The molecule has 134 valence electrons. The van der Waals surface area contributed by atoms with E-state index in [0.717, 1.165) is 21.3 Å². The van der Waals surface area contributed by atoms with Crippen LogP contribution in [0.2, 0.25) is 0 Å². The van der Waals surface area contributed by atoms with E-state index in [1.165, 1.54) is 28.1 Å². The number of hydrogen-bond donors (Lipinski definition) is 1. The van der Waals surface area contributed by atoms with E-state index in [2.05, 4.69) is 15.3 Å². The van der Waals surface area contributed by atoms with Crippen molar-refractivity contribution in [2.24, 2.45) is 0 Å². The van der Waals surface area contributed by atoms with Crippen LogP contribution in [0.5, 0.6) is 0 Å². The molecule has 0 spiro atoms. The van der Waals surface area contributed by atoms with Gasteiger partial charge in [-0.25, -0.2) is 13.4 Å². The van der Waals surface area contributed by atoms with Crippen LogP contribution in [0.4, 0.5) is 5.13 Å². The Labute approximate surface area is 154 Å². The highest BCUT2D eigenvalue weighted by Crippen LogP contribution is 2.27. The van der Waals surface area contributed by atoms with Crippen LogP contribution in [0.3, 0.4) is 0 Å². The van der Waals surface area contributed by atoms with Gasteiger partial charge in [-0.3, -0.25) is 15.1 Å². The van der Waals surface area contributed by atoms with Crippen LogP contribution in [-0.4, -0.2) is 41.4 Å². The summed E-state index contributed by atoms with van der Waals surface area (Å²) >= 11 is 1.41. The fourth-order valence-electron chi connectivity index (χ4n) is 3.04. The predicted molar refractivity (Wildman–Crippen MR) is 101 cm³/mol. The Balaban J connectivity index is 1.61. The molecule has 1 aliphatic rings. The van der Waals surface area contributed by atoms with E-state index in [9.17, 15) is 13.2 Å². The van der Waals surface area contributed by atoms with Crippen LogP contribution in [0.1, 0.15) is 21.5 Å². The minimum Gasteiger partial charge on any atom is -0.298 e. The number of benzene rings is 1. The molecule has 0 fully saturated rings. The smallest absolute Gasteiger partial charge is 0.259 e. The molecule has 1 aliphatic heterocycles. The lowest BCUT2D eigenvalue weighted by Gasteiger charge is -2.27. The topological polar surface area (TPSA) is 92.3 Å². The molecule has 0 radical (unpaired) electrons. The SMILES string of the molecule is CS(=O)(=O)N1CCc2c(cncc2C(=O)Nc2nc3ccccc3s2)C1. The van der Waals surface area contributed by atoms with Gasteiger partial charge in [0.25, 0.3) is 5.91 Å². The van der Waals surface area contributed by atoms with Crippen molar-refractivity contribution >= 4 is 42.6 Å². The Bertz CT molecular complexity index is 1080. The van der Waals surface area contributed by atoms with Crippen molar-refractivity contribution in [2.45, 2.75) is 13.0 Å². The monoisotopic (exact) mass is 388 g/mol. The standard InChI is InChI=1S/C17H16N4O3S2/c1-26(23,24)21-7-6-12-11(10-21)8-18-9-13(12)16(22)20-17-19-14-4-2-3-5-15(14)25-17/h2-5,8-9H,6-7,10H2,1H3,(H,19,20,22). The number of anilines is 1. The lowest BCUT2D eigenvalue weighted by molar-refractivity contribution is 0.102. The zero-order chi connectivity index (χ0) is 18.3. The van der Waals surface area contributed by atoms with Crippen molar-refractivity contribution in [1.29, 1.82) is 0 Å². The van der Waals surface area contributed by atoms with Crippen LogP contribution in [0.15, 0.2) is 36.7 Å². The molecule has 7 nitrogen and oxygen atoms in total. The zero-order valence-electron chi connectivity index (χ0n) is 14.0. The van der Waals surface area contributed by atoms with Gasteiger partial charge in [-0.1, -0.05) is 23.5 Å². The Kier molecular flexibility index (Phi) is 4.22. The van der Waals surface area contributed by atoms with E-state index in [1.807, 2.05) is 24.3 Å². The summed E-state index contributed by atoms with van der Waals surface area (Å²) in [5.74, 6) is -0.277. The van der Waals surface area contributed by atoms with Crippen molar-refractivity contribution in [3.05, 3.63) is 53.3 Å². The van der Waals surface area contributed by atoms with E-state index in [4.69, 9.17) is 0 Å². The third-order valence-electron chi connectivity index (χ3n) is 4.33. The maximum Gasteiger partial charge on any atom is 0.259 e. The molecule has 9 heteroatoms. The minimum absolute atomic E-state index is 0.240. The van der Waals surface area contributed by atoms with E-state index >= 15 is 0 Å². The lowest BCUT2D eigenvalue weighted by Crippen LogP contribution is -2.36. The van der Waals surface area contributed by atoms with Gasteiger partial charge in [0.1, 0.15) is 0 Å². The first-order valence-electron chi connectivity index (χ1n) is 7.99. The molecule has 0 atom stereocenters. The quantitative estimate of drug-likeness (QED) is 0.743. The number of carbonyl (C=O) groups is 1. The van der Waals surface area contributed by atoms with Crippen LogP contribution in [0.25, 0.3) is 10.2 Å². The largest absolute Gasteiger partial charge is 0.298 e. The molecule has 0 saturated carbocycles. The summed E-state index contributed by atoms with van der Waals surface area (Å²) in [5, 5.41) is 3.37. The normalized spacial score (nSPS) is 15.0. The molecule has 0 saturated heterocycles. The third kappa shape index (κ3) is 3.20. The number of fused-ring (bicyclic) bond motifs is 2. The van der Waals surface area contributed by atoms with Gasteiger partial charge < -0.3 is 0 Å². The molecular weight excluding hydrogens is 372 g/mol. The molecule has 4 rings (SSSR count). The lowest BCUT2D eigenvalue weighted by atomic mass is 9.98. The highest BCUT2D eigenvalue weighted by atomic mass is 32.2. The van der Waals surface area contributed by atoms with Crippen molar-refractivity contribution < 1.29 is 13.2 Å². The average Bonchev–Trinajstić information content (AvgIpc) is 3.02. The molecule has 3 aromatic rings. The second kappa shape index (κ2) is 6.42. The summed E-state index contributed by atoms with van der Waals surface area (Å²) in [6.07, 6.45) is 4.82. The van der Waals surface area contributed by atoms with Crippen molar-refractivity contribution in [2.75, 3.05) is 18.1 Å². The van der Waals surface area contributed by atoms with Crippen LogP contribution < -0.4 is 5.32 Å². The summed E-state index contributed by atoms with van der Waals surface area (Å²) in [4.78, 5) is 21.3. The van der Waals surface area contributed by atoms with Gasteiger partial charge in [0.2, 0.25) is 10.0 Å². The van der Waals surface area contributed by atoms with Gasteiger partial charge in [-0.15, -0.1) is 0 Å². The Hall–Kier alpha value is -2.36. The Morgan fingerprint density at radius 1 is 1.27 bits per heavy atom. The van der Waals surface area contributed by atoms with Crippen LogP contribution >= 0.6 is 11.3 Å². The Morgan fingerprint density at radius 2 is 2.08 bits per heavy atom. The first kappa shape index (κ1) is 17.1. The molecule has 1 N–H and O–H groups in total. The highest BCUT2D eigenvalue weighted by Gasteiger charge is 2.26. The summed E-state index contributed by atoms with van der Waals surface area (Å²) < 4.78 is 25.9. The number of thiazole rings is 1. The molecular formula is C17H16N4O3S2. The van der Waals surface area contributed by atoms with Crippen molar-refractivity contribution in [3.63, 3.8) is 0 Å². The molecule has 0 aliphatic carbocycles. The van der Waals surface area contributed by atoms with Crippen LogP contribution in [-0.2, 0) is 23.0 Å². The van der Waals surface area contributed by atoms with Gasteiger partial charge in [0.15, 0.2) is 5.13 Å². The summed E-state index contributed by atoms with van der Waals surface area (Å²) in [6, 6.07) is 7.68. The fraction of sp³-hybridized carbons (Fsp3) is 0.235. The third-order valence-corrected chi connectivity index (χ3v) is 6.53. The maximum absolute atomic E-state index is 12.7. The van der Waals surface area contributed by atoms with Gasteiger partial charge in [-0.05, 0) is 29.7 Å². The number of sulfonamides is 1. The van der Waals surface area contributed by atoms with Gasteiger partial charge in [0.05, 0.1) is 22.0 Å². The number of pyridine rings is 1. The van der Waals surface area contributed by atoms with Crippen LogP contribution in [0, 0.1) is 0 Å². The van der Waals surface area contributed by atoms with Crippen molar-refractivity contribution in [1.82, 2.24) is 14.3 Å². The molecule has 3 heterocycles. The fourth-order valence-corrected chi connectivity index (χ4v) is 4.69. The van der Waals surface area contributed by atoms with E-state index in [-0.39, 0.29) is 12.5 Å². The minimum atomic E-state index is -3.27. The zero-order valence-corrected chi connectivity index (χ0v) is 15.6. The van der Waals surface area contributed by atoms with Gasteiger partial charge in [0, 0.05) is 25.5 Å². The first-order valence-corrected chi connectivity index (χ1v) is 10.7. The number of carbonyl (C=O) groups excluding carboxylic acids is 1. The second-order valence-corrected chi connectivity index (χ2v) is 9.13. The van der Waals surface area contributed by atoms with Gasteiger partial charge >= 0.3 is 0 Å². The number of para-hydroxylation sites is 1. The predicted octanol–water partition coefficient (Wildman–Crippen LogP) is 2.26. The molecule has 2 aromatic heterocycles. The van der Waals surface area contributed by atoms with E-state index < -0.39 is 10.0 Å². The Morgan fingerprint density at radius 3 is 2.85 bits per heavy atom. The molecule has 1 aromatic carbocycles. The summed E-state index contributed by atoms with van der Waals surface area (Å²) in [5.41, 5.74) is 2.91.